The Kier molecular flexibility index (Phi) is 6.02. The van der Waals surface area contributed by atoms with Crippen LogP contribution in [0.2, 0.25) is 0 Å². The van der Waals surface area contributed by atoms with Crippen LogP contribution in [0.3, 0.4) is 0 Å². The first-order chi connectivity index (χ1) is 15.8. The molecule has 0 aliphatic heterocycles. The molecule has 0 aliphatic carbocycles. The predicted molar refractivity (Wildman–Crippen MR) is 126 cm³/mol. The minimum absolute atomic E-state index is 0.0241. The van der Waals surface area contributed by atoms with E-state index in [1.165, 1.54) is 0 Å². The SMILES string of the molecule is COc1ncccc1-c1ccc(O)c(-c2nc3ccc(C(=O)NCC(C)(C)CO)cc3[nH]2)c1. The number of nitrogens with zero attached hydrogens (tertiary/aromatic N) is 2. The van der Waals surface area contributed by atoms with Crippen molar-refractivity contribution in [1.29, 1.82) is 0 Å². The number of carbonyl (C=O) groups excluding carboxylic acids is 1. The van der Waals surface area contributed by atoms with Crippen molar-refractivity contribution >= 4 is 16.9 Å². The van der Waals surface area contributed by atoms with E-state index >= 15 is 0 Å². The van der Waals surface area contributed by atoms with Gasteiger partial charge < -0.3 is 25.3 Å². The molecule has 1 amide bonds. The summed E-state index contributed by atoms with van der Waals surface area (Å²) in [5, 5.41) is 22.7. The highest BCUT2D eigenvalue weighted by molar-refractivity contribution is 5.97. The Hall–Kier alpha value is -3.91. The van der Waals surface area contributed by atoms with E-state index in [2.05, 4.69) is 20.3 Å². The molecule has 4 aromatic rings. The van der Waals surface area contributed by atoms with Crippen molar-refractivity contribution in [1.82, 2.24) is 20.3 Å². The number of aliphatic hydroxyl groups is 1. The van der Waals surface area contributed by atoms with Crippen LogP contribution in [0.1, 0.15) is 24.2 Å². The number of H-pyrrole nitrogens is 1. The van der Waals surface area contributed by atoms with Crippen molar-refractivity contribution in [3.05, 3.63) is 60.3 Å². The van der Waals surface area contributed by atoms with Crippen LogP contribution in [0.25, 0.3) is 33.5 Å². The molecule has 33 heavy (non-hydrogen) atoms. The summed E-state index contributed by atoms with van der Waals surface area (Å²) in [7, 11) is 1.56. The van der Waals surface area contributed by atoms with Crippen molar-refractivity contribution < 1.29 is 19.7 Å². The summed E-state index contributed by atoms with van der Waals surface area (Å²) < 4.78 is 5.36. The molecule has 170 valence electrons. The molecule has 0 saturated heterocycles. The van der Waals surface area contributed by atoms with E-state index in [1.807, 2.05) is 32.0 Å². The first-order valence-electron chi connectivity index (χ1n) is 10.5. The Morgan fingerprint density at radius 1 is 1.15 bits per heavy atom. The third-order valence-electron chi connectivity index (χ3n) is 5.43. The second-order valence-corrected chi connectivity index (χ2v) is 8.61. The molecule has 2 aromatic heterocycles. The Balaban J connectivity index is 1.66. The zero-order chi connectivity index (χ0) is 23.6. The van der Waals surface area contributed by atoms with E-state index in [0.29, 0.717) is 40.4 Å². The van der Waals surface area contributed by atoms with Crippen molar-refractivity contribution in [2.45, 2.75) is 13.8 Å². The molecule has 2 aromatic carbocycles. The topological polar surface area (TPSA) is 120 Å². The number of methoxy groups -OCH3 is 1. The van der Waals surface area contributed by atoms with Crippen LogP contribution in [0.4, 0.5) is 0 Å². The number of pyridine rings is 1. The summed E-state index contributed by atoms with van der Waals surface area (Å²) in [6.07, 6.45) is 1.65. The lowest BCUT2D eigenvalue weighted by Crippen LogP contribution is -2.36. The average molecular weight is 447 g/mol. The van der Waals surface area contributed by atoms with Gasteiger partial charge in [-0.05, 0) is 48.0 Å². The lowest BCUT2D eigenvalue weighted by Gasteiger charge is -2.21. The third-order valence-corrected chi connectivity index (χ3v) is 5.43. The molecule has 0 unspecified atom stereocenters. The quantitative estimate of drug-likeness (QED) is 0.343. The second kappa shape index (κ2) is 8.91. The smallest absolute Gasteiger partial charge is 0.251 e. The average Bonchev–Trinajstić information content (AvgIpc) is 3.26. The Morgan fingerprint density at radius 3 is 2.73 bits per heavy atom. The second-order valence-electron chi connectivity index (χ2n) is 8.61. The number of ether oxygens (including phenoxy) is 1. The molecule has 0 fully saturated rings. The van der Waals surface area contributed by atoms with Crippen molar-refractivity contribution in [2.75, 3.05) is 20.3 Å². The molecule has 0 atom stereocenters. The van der Waals surface area contributed by atoms with Crippen LogP contribution in [-0.4, -0.2) is 51.3 Å². The molecule has 0 spiro atoms. The van der Waals surface area contributed by atoms with Gasteiger partial charge in [0.25, 0.3) is 5.91 Å². The number of hydrogen-bond donors (Lipinski definition) is 4. The number of hydrogen-bond acceptors (Lipinski definition) is 6. The number of aromatic hydroxyl groups is 1. The van der Waals surface area contributed by atoms with E-state index in [9.17, 15) is 15.0 Å². The molecule has 0 radical (unpaired) electrons. The highest BCUT2D eigenvalue weighted by Crippen LogP contribution is 2.35. The minimum atomic E-state index is -0.402. The third kappa shape index (κ3) is 4.65. The number of aromatic nitrogens is 3. The lowest BCUT2D eigenvalue weighted by atomic mass is 9.95. The summed E-state index contributed by atoms with van der Waals surface area (Å²) in [6, 6.07) is 14.1. The number of rotatable bonds is 7. The zero-order valence-corrected chi connectivity index (χ0v) is 18.7. The molecule has 4 N–H and O–H groups in total. The molecule has 2 heterocycles. The molecule has 8 nitrogen and oxygen atoms in total. The Labute approximate surface area is 191 Å². The number of imidazole rings is 1. The van der Waals surface area contributed by atoms with Gasteiger partial charge in [0.15, 0.2) is 0 Å². The van der Waals surface area contributed by atoms with Crippen LogP contribution in [0, 0.1) is 5.41 Å². The number of phenolic OH excluding ortho intramolecular Hbond substituents is 1. The maximum absolute atomic E-state index is 12.6. The van der Waals surface area contributed by atoms with Crippen molar-refractivity contribution in [2.24, 2.45) is 5.41 Å². The molecule has 0 saturated carbocycles. The highest BCUT2D eigenvalue weighted by Gasteiger charge is 2.19. The van der Waals surface area contributed by atoms with Gasteiger partial charge in [0.1, 0.15) is 11.6 Å². The highest BCUT2D eigenvalue weighted by atomic mass is 16.5. The van der Waals surface area contributed by atoms with Gasteiger partial charge >= 0.3 is 0 Å². The van der Waals surface area contributed by atoms with Crippen LogP contribution in [0.5, 0.6) is 11.6 Å². The minimum Gasteiger partial charge on any atom is -0.507 e. The molecule has 0 aliphatic rings. The van der Waals surface area contributed by atoms with Gasteiger partial charge in [-0.1, -0.05) is 19.9 Å². The van der Waals surface area contributed by atoms with Gasteiger partial charge in [0.2, 0.25) is 5.88 Å². The lowest BCUT2D eigenvalue weighted by molar-refractivity contribution is 0.0911. The number of nitrogens with one attached hydrogen (secondary N) is 2. The fourth-order valence-electron chi connectivity index (χ4n) is 3.42. The summed E-state index contributed by atoms with van der Waals surface area (Å²) in [5.74, 6) is 0.804. The van der Waals surface area contributed by atoms with Crippen LogP contribution < -0.4 is 10.1 Å². The molecule has 4 rings (SSSR count). The Morgan fingerprint density at radius 2 is 1.97 bits per heavy atom. The fraction of sp³-hybridized carbons (Fsp3) is 0.240. The molecule has 0 bridgehead atoms. The van der Waals surface area contributed by atoms with Crippen LogP contribution in [-0.2, 0) is 0 Å². The Bertz CT molecular complexity index is 1310. The largest absolute Gasteiger partial charge is 0.507 e. The summed E-state index contributed by atoms with van der Waals surface area (Å²) in [5.41, 5.74) is 3.54. The van der Waals surface area contributed by atoms with Crippen LogP contribution >= 0.6 is 0 Å². The predicted octanol–water partition coefficient (Wildman–Crippen LogP) is 3.75. The summed E-state index contributed by atoms with van der Waals surface area (Å²) in [6.45, 7) is 4.08. The standard InChI is InChI=1S/C25H26N4O4/c1-25(2,14-30)13-27-23(32)16-6-8-19-20(12-16)29-22(28-19)18-11-15(7-9-21(18)31)17-5-4-10-26-24(17)33-3/h4-12,30-31H,13-14H2,1-3H3,(H,27,32)(H,28,29). The van der Waals surface area contributed by atoms with Gasteiger partial charge in [-0.2, -0.15) is 0 Å². The van der Waals surface area contributed by atoms with E-state index in [4.69, 9.17) is 4.74 Å². The number of aliphatic hydroxyl groups excluding tert-OH is 1. The monoisotopic (exact) mass is 446 g/mol. The first kappa shape index (κ1) is 22.3. The van der Waals surface area contributed by atoms with Gasteiger partial charge in [0, 0.05) is 35.9 Å². The number of amides is 1. The number of phenols is 1. The summed E-state index contributed by atoms with van der Waals surface area (Å²) >= 11 is 0. The molecule has 8 heteroatoms. The van der Waals surface area contributed by atoms with Crippen molar-refractivity contribution in [3.8, 4) is 34.1 Å². The first-order valence-corrected chi connectivity index (χ1v) is 10.5. The number of benzene rings is 2. The van der Waals surface area contributed by atoms with E-state index in [0.717, 1.165) is 11.1 Å². The van der Waals surface area contributed by atoms with E-state index in [-0.39, 0.29) is 18.3 Å². The van der Waals surface area contributed by atoms with Gasteiger partial charge in [-0.15, -0.1) is 0 Å². The molecular weight excluding hydrogens is 420 g/mol. The normalized spacial score (nSPS) is 11.5. The maximum Gasteiger partial charge on any atom is 0.251 e. The van der Waals surface area contributed by atoms with E-state index < -0.39 is 5.41 Å². The van der Waals surface area contributed by atoms with Crippen molar-refractivity contribution in [3.63, 3.8) is 0 Å². The van der Waals surface area contributed by atoms with Gasteiger partial charge in [-0.25, -0.2) is 9.97 Å². The van der Waals surface area contributed by atoms with Crippen LogP contribution in [0.15, 0.2) is 54.7 Å². The number of carbonyl (C=O) groups is 1. The van der Waals surface area contributed by atoms with Gasteiger partial charge in [-0.3, -0.25) is 4.79 Å². The fourth-order valence-corrected chi connectivity index (χ4v) is 3.42. The van der Waals surface area contributed by atoms with Gasteiger partial charge in [0.05, 0.1) is 23.7 Å². The number of aromatic amines is 1. The maximum atomic E-state index is 12.6. The number of fused-ring (bicyclic) bond motifs is 1. The van der Waals surface area contributed by atoms with E-state index in [1.54, 1.807) is 43.6 Å². The summed E-state index contributed by atoms with van der Waals surface area (Å²) in [4.78, 5) is 24.6. The zero-order valence-electron chi connectivity index (χ0n) is 18.7. The molecular formula is C25H26N4O4.